The van der Waals surface area contributed by atoms with Crippen LogP contribution < -0.4 is 0 Å². The monoisotopic (exact) mass is 193 g/mol. The molecule has 0 nitrogen and oxygen atoms in total. The molecule has 0 aliphatic heterocycles. The van der Waals surface area contributed by atoms with Gasteiger partial charge in [0.05, 0.1) is 0 Å². The summed E-state index contributed by atoms with van der Waals surface area (Å²) in [6.07, 6.45) is 11.1. The molecule has 0 saturated carbocycles. The highest BCUT2D eigenvalue weighted by molar-refractivity contribution is 7.99. The highest BCUT2D eigenvalue weighted by Gasteiger charge is 1.99. The second kappa shape index (κ2) is 4.49. The van der Waals surface area contributed by atoms with E-state index in [1.807, 2.05) is 24.6 Å². The fraction of sp³-hybridized carbons (Fsp3) is 0.200. The lowest BCUT2D eigenvalue weighted by molar-refractivity contribution is 1.31. The molecule has 1 aromatic carbocycles. The molecule has 2 heteroatoms. The van der Waals surface area contributed by atoms with Gasteiger partial charge >= 0.3 is 0 Å². The third-order valence-electron chi connectivity index (χ3n) is 1.54. The first kappa shape index (κ1) is 9.57. The zero-order valence-electron chi connectivity index (χ0n) is 7.05. The fourth-order valence-corrected chi connectivity index (χ4v) is 2.00. The highest BCUT2D eigenvalue weighted by atomic mass is 32.2. The molecular weight excluding hydrogens is 184 g/mol. The largest absolute Gasteiger partial charge is 0.130 e. The van der Waals surface area contributed by atoms with E-state index in [2.05, 4.69) is 12.0 Å². The summed E-state index contributed by atoms with van der Waals surface area (Å²) >= 11 is 3.37. The van der Waals surface area contributed by atoms with Crippen LogP contribution in [0.4, 0.5) is 0 Å². The minimum atomic E-state index is 0.875. The zero-order chi connectivity index (χ0) is 8.97. The number of benzene rings is 1. The maximum Gasteiger partial charge on any atom is 0.0392 e. The zero-order valence-corrected chi connectivity index (χ0v) is 8.68. The van der Waals surface area contributed by atoms with E-state index in [-0.39, 0.29) is 0 Å². The number of thioether (sulfide) groups is 2. The Kier molecular flexibility index (Phi) is 3.58. The van der Waals surface area contributed by atoms with Gasteiger partial charge in [-0.15, -0.1) is 23.5 Å². The Morgan fingerprint density at radius 2 is 2.00 bits per heavy atom. The van der Waals surface area contributed by atoms with Crippen molar-refractivity contribution in [1.82, 2.24) is 0 Å². The molecule has 1 rings (SSSR count). The van der Waals surface area contributed by atoms with Gasteiger partial charge in [-0.05, 0) is 37.1 Å². The lowest BCUT2D eigenvalue weighted by Crippen LogP contribution is -1.80. The smallest absolute Gasteiger partial charge is 0.0392 e. The van der Waals surface area contributed by atoms with Crippen molar-refractivity contribution in [1.29, 1.82) is 0 Å². The molecule has 0 unspecified atom stereocenters. The Bertz CT molecular complexity index is 310. The Labute approximate surface area is 82.1 Å². The van der Waals surface area contributed by atoms with Crippen LogP contribution in [0.2, 0.25) is 0 Å². The van der Waals surface area contributed by atoms with Gasteiger partial charge in [-0.25, -0.2) is 0 Å². The van der Waals surface area contributed by atoms with Crippen LogP contribution in [0, 0.1) is 12.3 Å². The van der Waals surface area contributed by atoms with Crippen molar-refractivity contribution in [3.63, 3.8) is 0 Å². The van der Waals surface area contributed by atoms with Crippen molar-refractivity contribution in [3.05, 3.63) is 30.2 Å². The van der Waals surface area contributed by atoms with Crippen LogP contribution in [0.15, 0.2) is 28.0 Å². The predicted octanol–water partition coefficient (Wildman–Crippen LogP) is 3.07. The molecule has 0 spiro atoms. The molecule has 0 aromatic heterocycles. The molecule has 0 N–H and O–H groups in total. The minimum absolute atomic E-state index is 0.875. The summed E-state index contributed by atoms with van der Waals surface area (Å²) < 4.78 is 0. The molecule has 1 aromatic rings. The standard InChI is InChI=1S/C10H9S2/c1-4-8-5-6-9(11-2)7-10(8)12-3/h5-7H,2-3H3. The quantitative estimate of drug-likeness (QED) is 0.523. The summed E-state index contributed by atoms with van der Waals surface area (Å²) in [5.41, 5.74) is 0.875. The van der Waals surface area contributed by atoms with Crippen molar-refractivity contribution in [2.45, 2.75) is 9.79 Å². The van der Waals surface area contributed by atoms with Gasteiger partial charge in [-0.2, -0.15) is 0 Å². The van der Waals surface area contributed by atoms with E-state index in [1.54, 1.807) is 23.5 Å². The summed E-state index contributed by atoms with van der Waals surface area (Å²) in [5, 5.41) is 0. The molecule has 0 atom stereocenters. The number of hydrogen-bond acceptors (Lipinski definition) is 2. The van der Waals surface area contributed by atoms with Crippen LogP contribution in [0.5, 0.6) is 0 Å². The minimum Gasteiger partial charge on any atom is -0.130 e. The van der Waals surface area contributed by atoms with E-state index in [0.717, 1.165) is 10.5 Å². The topological polar surface area (TPSA) is 0 Å². The Morgan fingerprint density at radius 3 is 2.50 bits per heavy atom. The molecule has 0 amide bonds. The second-order valence-electron chi connectivity index (χ2n) is 2.19. The lowest BCUT2D eigenvalue weighted by Gasteiger charge is -2.02. The summed E-state index contributed by atoms with van der Waals surface area (Å²) in [6.45, 7) is 0. The second-order valence-corrected chi connectivity index (χ2v) is 3.92. The van der Waals surface area contributed by atoms with Gasteiger partial charge < -0.3 is 0 Å². The van der Waals surface area contributed by atoms with E-state index in [4.69, 9.17) is 6.42 Å². The van der Waals surface area contributed by atoms with E-state index >= 15 is 0 Å². The Morgan fingerprint density at radius 1 is 1.25 bits per heavy atom. The molecule has 0 fully saturated rings. The molecule has 0 bridgehead atoms. The van der Waals surface area contributed by atoms with Gasteiger partial charge in [-0.3, -0.25) is 0 Å². The van der Waals surface area contributed by atoms with Crippen molar-refractivity contribution in [3.8, 4) is 5.92 Å². The average Bonchev–Trinajstić information content (AvgIpc) is 2.16. The van der Waals surface area contributed by atoms with Gasteiger partial charge in [-0.1, -0.05) is 5.92 Å². The number of hydrogen-bond donors (Lipinski definition) is 0. The Hall–Kier alpha value is -0.520. The van der Waals surface area contributed by atoms with E-state index in [9.17, 15) is 0 Å². The highest BCUT2D eigenvalue weighted by Crippen LogP contribution is 2.25. The summed E-state index contributed by atoms with van der Waals surface area (Å²) in [4.78, 5) is 2.36. The van der Waals surface area contributed by atoms with Crippen LogP contribution in [-0.4, -0.2) is 12.5 Å². The molecule has 0 saturated heterocycles. The maximum atomic E-state index is 7.05. The van der Waals surface area contributed by atoms with Gasteiger partial charge in [0.15, 0.2) is 0 Å². The van der Waals surface area contributed by atoms with Crippen LogP contribution in [-0.2, 0) is 0 Å². The molecule has 0 aliphatic carbocycles. The van der Waals surface area contributed by atoms with Crippen molar-refractivity contribution in [2.75, 3.05) is 12.5 Å². The van der Waals surface area contributed by atoms with E-state index < -0.39 is 0 Å². The lowest BCUT2D eigenvalue weighted by atomic mass is 10.2. The van der Waals surface area contributed by atoms with E-state index in [0.29, 0.717) is 0 Å². The molecule has 61 valence electrons. The van der Waals surface area contributed by atoms with Gasteiger partial charge in [0.2, 0.25) is 0 Å². The van der Waals surface area contributed by atoms with Crippen LogP contribution >= 0.6 is 23.5 Å². The van der Waals surface area contributed by atoms with Gasteiger partial charge in [0.1, 0.15) is 0 Å². The SMILES string of the molecule is [C]#Cc1ccc(SC)cc1SC. The number of rotatable bonds is 2. The average molecular weight is 193 g/mol. The predicted molar refractivity (Wildman–Crippen MR) is 56.2 cm³/mol. The molecular formula is C10H9S2. The molecule has 0 aliphatic rings. The summed E-state index contributed by atoms with van der Waals surface area (Å²) in [6, 6.07) is 6.04. The third kappa shape index (κ3) is 2.00. The summed E-state index contributed by atoms with van der Waals surface area (Å²) in [5.74, 6) is 2.42. The van der Waals surface area contributed by atoms with Crippen molar-refractivity contribution >= 4 is 23.5 Å². The van der Waals surface area contributed by atoms with Gasteiger partial charge in [0, 0.05) is 15.4 Å². The van der Waals surface area contributed by atoms with Crippen LogP contribution in [0.3, 0.4) is 0 Å². The molecule has 12 heavy (non-hydrogen) atoms. The van der Waals surface area contributed by atoms with Crippen molar-refractivity contribution < 1.29 is 0 Å². The fourth-order valence-electron chi connectivity index (χ4n) is 0.902. The maximum absolute atomic E-state index is 7.05. The molecule has 1 radical (unpaired) electrons. The normalized spacial score (nSPS) is 9.42. The van der Waals surface area contributed by atoms with E-state index in [1.165, 1.54) is 4.90 Å². The van der Waals surface area contributed by atoms with Crippen LogP contribution in [0.25, 0.3) is 0 Å². The Balaban J connectivity index is 3.13. The summed E-state index contributed by atoms with van der Waals surface area (Å²) in [7, 11) is 0. The van der Waals surface area contributed by atoms with Crippen molar-refractivity contribution in [2.24, 2.45) is 0 Å². The van der Waals surface area contributed by atoms with Gasteiger partial charge in [0.25, 0.3) is 0 Å². The van der Waals surface area contributed by atoms with Crippen LogP contribution in [0.1, 0.15) is 5.56 Å². The first-order chi connectivity index (χ1) is 5.81. The first-order valence-electron chi connectivity index (χ1n) is 3.46. The molecule has 0 heterocycles. The third-order valence-corrected chi connectivity index (χ3v) is 3.05. The first-order valence-corrected chi connectivity index (χ1v) is 5.91.